The first-order valence-corrected chi connectivity index (χ1v) is 7.41. The second kappa shape index (κ2) is 5.65. The van der Waals surface area contributed by atoms with Gasteiger partial charge >= 0.3 is 0 Å². The van der Waals surface area contributed by atoms with Crippen molar-refractivity contribution in [3.63, 3.8) is 0 Å². The van der Waals surface area contributed by atoms with E-state index in [1.807, 2.05) is 0 Å². The summed E-state index contributed by atoms with van der Waals surface area (Å²) in [6, 6.07) is 6.75. The van der Waals surface area contributed by atoms with E-state index in [-0.39, 0.29) is 0 Å². The third kappa shape index (κ3) is 3.88. The molecule has 0 atom stereocenters. The SMILES string of the molecule is Nc1ccc(CS(=O)(=O)Nc2c(F)cc(F)cc2F)cc1. The van der Waals surface area contributed by atoms with E-state index < -0.39 is 38.9 Å². The van der Waals surface area contributed by atoms with E-state index in [4.69, 9.17) is 5.73 Å². The van der Waals surface area contributed by atoms with Gasteiger partial charge in [0.15, 0.2) is 11.6 Å². The average molecular weight is 316 g/mol. The van der Waals surface area contributed by atoms with Crippen LogP contribution in [-0.4, -0.2) is 8.42 Å². The minimum atomic E-state index is -4.05. The monoisotopic (exact) mass is 316 g/mol. The summed E-state index contributed by atoms with van der Waals surface area (Å²) >= 11 is 0. The number of nitrogens with one attached hydrogen (secondary N) is 1. The van der Waals surface area contributed by atoms with E-state index in [0.29, 0.717) is 23.4 Å². The highest BCUT2D eigenvalue weighted by molar-refractivity contribution is 7.91. The van der Waals surface area contributed by atoms with Crippen LogP contribution in [0.5, 0.6) is 0 Å². The Morgan fingerprint density at radius 2 is 1.52 bits per heavy atom. The van der Waals surface area contributed by atoms with Crippen LogP contribution in [0, 0.1) is 17.5 Å². The van der Waals surface area contributed by atoms with Gasteiger partial charge in [-0.05, 0) is 17.7 Å². The molecule has 0 unspecified atom stereocenters. The molecular formula is C13H11F3N2O2S. The Bertz CT molecular complexity index is 738. The second-order valence-corrected chi connectivity index (χ2v) is 6.07. The summed E-state index contributed by atoms with van der Waals surface area (Å²) in [7, 11) is -4.05. The molecule has 2 aromatic carbocycles. The smallest absolute Gasteiger partial charge is 0.237 e. The Morgan fingerprint density at radius 1 is 1.00 bits per heavy atom. The van der Waals surface area contributed by atoms with Gasteiger partial charge in [-0.3, -0.25) is 4.72 Å². The van der Waals surface area contributed by atoms with Crippen LogP contribution in [0.25, 0.3) is 0 Å². The number of sulfonamides is 1. The molecular weight excluding hydrogens is 305 g/mol. The topological polar surface area (TPSA) is 72.2 Å². The number of hydrogen-bond donors (Lipinski definition) is 2. The van der Waals surface area contributed by atoms with Gasteiger partial charge in [0, 0.05) is 17.8 Å². The summed E-state index contributed by atoms with van der Waals surface area (Å²) in [6.07, 6.45) is 0. The third-order valence-electron chi connectivity index (χ3n) is 2.60. The lowest BCUT2D eigenvalue weighted by molar-refractivity contribution is 0.547. The Morgan fingerprint density at radius 3 is 2.05 bits per heavy atom. The van der Waals surface area contributed by atoms with Crippen LogP contribution in [-0.2, 0) is 15.8 Å². The Kier molecular flexibility index (Phi) is 4.08. The van der Waals surface area contributed by atoms with E-state index in [0.717, 1.165) is 0 Å². The molecule has 0 aliphatic rings. The number of hydrogen-bond acceptors (Lipinski definition) is 3. The highest BCUT2D eigenvalue weighted by Gasteiger charge is 2.18. The summed E-state index contributed by atoms with van der Waals surface area (Å²) in [5.41, 5.74) is 5.40. The molecule has 8 heteroatoms. The number of rotatable bonds is 4. The van der Waals surface area contributed by atoms with Crippen LogP contribution in [0.1, 0.15) is 5.56 Å². The second-order valence-electron chi connectivity index (χ2n) is 4.35. The largest absolute Gasteiger partial charge is 0.399 e. The molecule has 0 aromatic heterocycles. The molecule has 0 aliphatic heterocycles. The molecule has 4 nitrogen and oxygen atoms in total. The molecule has 2 aromatic rings. The minimum absolute atomic E-state index is 0.389. The number of anilines is 2. The molecule has 112 valence electrons. The molecule has 2 rings (SSSR count). The van der Waals surface area contributed by atoms with Crippen molar-refractivity contribution in [1.29, 1.82) is 0 Å². The van der Waals surface area contributed by atoms with Crippen LogP contribution >= 0.6 is 0 Å². The van der Waals surface area contributed by atoms with Crippen molar-refractivity contribution in [1.82, 2.24) is 0 Å². The van der Waals surface area contributed by atoms with Gasteiger partial charge in [-0.25, -0.2) is 21.6 Å². The minimum Gasteiger partial charge on any atom is -0.399 e. The van der Waals surface area contributed by atoms with Crippen LogP contribution < -0.4 is 10.5 Å². The number of benzene rings is 2. The lowest BCUT2D eigenvalue weighted by Crippen LogP contribution is -2.17. The van der Waals surface area contributed by atoms with Crippen LogP contribution in [0.3, 0.4) is 0 Å². The van der Waals surface area contributed by atoms with Gasteiger partial charge in [-0.2, -0.15) is 0 Å². The Labute approximate surface area is 119 Å². The number of halogens is 3. The summed E-state index contributed by atoms with van der Waals surface area (Å²) in [5, 5.41) is 0. The molecule has 0 saturated heterocycles. The maximum Gasteiger partial charge on any atom is 0.237 e. The fourth-order valence-electron chi connectivity index (χ4n) is 1.66. The third-order valence-corrected chi connectivity index (χ3v) is 3.83. The van der Waals surface area contributed by atoms with Crippen molar-refractivity contribution in [3.8, 4) is 0 Å². The van der Waals surface area contributed by atoms with E-state index in [1.54, 1.807) is 4.72 Å². The molecule has 3 N–H and O–H groups in total. The molecule has 0 heterocycles. The van der Waals surface area contributed by atoms with Gasteiger partial charge in [0.25, 0.3) is 0 Å². The van der Waals surface area contributed by atoms with Crippen molar-refractivity contribution in [2.24, 2.45) is 0 Å². The predicted octanol–water partition coefficient (Wildman–Crippen LogP) is 2.63. The predicted molar refractivity (Wildman–Crippen MR) is 73.4 cm³/mol. The van der Waals surface area contributed by atoms with Crippen molar-refractivity contribution < 1.29 is 21.6 Å². The summed E-state index contributed by atoms with van der Waals surface area (Å²) in [5.74, 6) is -4.28. The van der Waals surface area contributed by atoms with Crippen molar-refractivity contribution in [3.05, 3.63) is 59.4 Å². The van der Waals surface area contributed by atoms with Gasteiger partial charge in [-0.1, -0.05) is 12.1 Å². The average Bonchev–Trinajstić information content (AvgIpc) is 2.36. The lowest BCUT2D eigenvalue weighted by Gasteiger charge is -2.10. The quantitative estimate of drug-likeness (QED) is 0.852. The van der Waals surface area contributed by atoms with Crippen LogP contribution in [0.2, 0.25) is 0 Å². The molecule has 0 spiro atoms. The molecule has 0 radical (unpaired) electrons. The lowest BCUT2D eigenvalue weighted by atomic mass is 10.2. The normalized spacial score (nSPS) is 11.4. The number of nitrogen functional groups attached to an aromatic ring is 1. The highest BCUT2D eigenvalue weighted by atomic mass is 32.2. The fraction of sp³-hybridized carbons (Fsp3) is 0.0769. The Balaban J connectivity index is 2.24. The summed E-state index contributed by atoms with van der Waals surface area (Å²) in [6.45, 7) is 0. The van der Waals surface area contributed by atoms with Crippen molar-refractivity contribution in [2.45, 2.75) is 5.75 Å². The first kappa shape index (κ1) is 15.2. The summed E-state index contributed by atoms with van der Waals surface area (Å²) < 4.78 is 65.1. The summed E-state index contributed by atoms with van der Waals surface area (Å²) in [4.78, 5) is 0. The van der Waals surface area contributed by atoms with E-state index in [1.165, 1.54) is 24.3 Å². The van der Waals surface area contributed by atoms with E-state index in [2.05, 4.69) is 0 Å². The number of nitrogens with two attached hydrogens (primary N) is 1. The van der Waals surface area contributed by atoms with Crippen LogP contribution in [0.4, 0.5) is 24.5 Å². The maximum absolute atomic E-state index is 13.4. The Hall–Kier alpha value is -2.22. The molecule has 0 fully saturated rings. The van der Waals surface area contributed by atoms with Gasteiger partial charge in [0.2, 0.25) is 10.0 Å². The highest BCUT2D eigenvalue weighted by Crippen LogP contribution is 2.22. The van der Waals surface area contributed by atoms with Crippen molar-refractivity contribution >= 4 is 21.4 Å². The zero-order valence-corrected chi connectivity index (χ0v) is 11.4. The van der Waals surface area contributed by atoms with Gasteiger partial charge in [0.1, 0.15) is 11.5 Å². The van der Waals surface area contributed by atoms with E-state index in [9.17, 15) is 21.6 Å². The van der Waals surface area contributed by atoms with Gasteiger partial charge in [0.05, 0.1) is 5.75 Å². The van der Waals surface area contributed by atoms with Crippen molar-refractivity contribution in [2.75, 3.05) is 10.5 Å². The van der Waals surface area contributed by atoms with E-state index >= 15 is 0 Å². The molecule has 0 amide bonds. The van der Waals surface area contributed by atoms with Gasteiger partial charge in [-0.15, -0.1) is 0 Å². The molecule has 0 aliphatic carbocycles. The van der Waals surface area contributed by atoms with Crippen LogP contribution in [0.15, 0.2) is 36.4 Å². The fourth-order valence-corrected chi connectivity index (χ4v) is 2.87. The van der Waals surface area contributed by atoms with Gasteiger partial charge < -0.3 is 5.73 Å². The standard InChI is InChI=1S/C13H11F3N2O2S/c14-9-5-11(15)13(12(16)6-9)18-21(19,20)7-8-1-3-10(17)4-2-8/h1-6,18H,7,17H2. The first-order valence-electron chi connectivity index (χ1n) is 5.76. The first-order chi connectivity index (χ1) is 9.77. The zero-order valence-electron chi connectivity index (χ0n) is 10.6. The molecule has 21 heavy (non-hydrogen) atoms. The zero-order chi connectivity index (χ0) is 15.6. The maximum atomic E-state index is 13.4. The molecule has 0 saturated carbocycles. The molecule has 0 bridgehead atoms.